The molecule has 1 aromatic heterocycles. The number of anilines is 1. The Morgan fingerprint density at radius 2 is 2.50 bits per heavy atom. The smallest absolute Gasteiger partial charge is 0.330 e. The van der Waals surface area contributed by atoms with E-state index in [2.05, 4.69) is 15.7 Å². The second kappa shape index (κ2) is 3.80. The van der Waals surface area contributed by atoms with Crippen molar-refractivity contribution in [3.05, 3.63) is 16.3 Å². The van der Waals surface area contributed by atoms with Crippen LogP contribution in [0.4, 0.5) is 11.5 Å². The summed E-state index contributed by atoms with van der Waals surface area (Å²) in [6, 6.07) is -0.138. The number of hydrogen-bond donors (Lipinski definition) is 2. The maximum absolute atomic E-state index is 11.0. The fourth-order valence-electron chi connectivity index (χ4n) is 1.61. The van der Waals surface area contributed by atoms with E-state index in [1.807, 2.05) is 0 Å². The second-order valence-corrected chi connectivity index (χ2v) is 3.64. The number of nitrogens with zero attached hydrogens (tertiary/aromatic N) is 3. The van der Waals surface area contributed by atoms with Gasteiger partial charge >= 0.3 is 5.69 Å². The van der Waals surface area contributed by atoms with E-state index in [1.165, 1.54) is 10.9 Å². The van der Waals surface area contributed by atoms with Crippen LogP contribution in [0.15, 0.2) is 6.20 Å². The molecule has 1 saturated heterocycles. The van der Waals surface area contributed by atoms with Crippen molar-refractivity contribution in [2.45, 2.75) is 12.5 Å². The van der Waals surface area contributed by atoms with Gasteiger partial charge in [0.2, 0.25) is 11.7 Å². The van der Waals surface area contributed by atoms with Crippen LogP contribution >= 0.6 is 0 Å². The summed E-state index contributed by atoms with van der Waals surface area (Å²) in [4.78, 5) is 21.2. The zero-order chi connectivity index (χ0) is 11.7. The molecule has 0 aromatic carbocycles. The maximum atomic E-state index is 11.0. The summed E-state index contributed by atoms with van der Waals surface area (Å²) in [5.41, 5.74) is -0.0816. The van der Waals surface area contributed by atoms with Gasteiger partial charge in [-0.2, -0.15) is 0 Å². The highest BCUT2D eigenvalue weighted by Crippen LogP contribution is 2.23. The van der Waals surface area contributed by atoms with Crippen LogP contribution < -0.4 is 10.6 Å². The van der Waals surface area contributed by atoms with Gasteiger partial charge in [0.05, 0.1) is 11.0 Å². The number of carbonyl (C=O) groups is 1. The molecule has 86 valence electrons. The van der Waals surface area contributed by atoms with E-state index in [0.29, 0.717) is 13.0 Å². The molecular formula is C8H11N5O3. The van der Waals surface area contributed by atoms with E-state index in [1.54, 1.807) is 7.05 Å². The van der Waals surface area contributed by atoms with Gasteiger partial charge in [-0.15, -0.1) is 5.10 Å². The molecule has 0 spiro atoms. The van der Waals surface area contributed by atoms with E-state index in [4.69, 9.17) is 0 Å². The fraction of sp³-hybridized carbons (Fsp3) is 0.500. The lowest BCUT2D eigenvalue weighted by atomic mass is 10.2. The first-order valence-corrected chi connectivity index (χ1v) is 4.77. The largest absolute Gasteiger partial charge is 0.358 e. The normalized spacial score (nSPS) is 19.6. The molecule has 1 atom stereocenters. The zero-order valence-corrected chi connectivity index (χ0v) is 8.64. The molecule has 2 heterocycles. The molecule has 1 fully saturated rings. The molecule has 0 radical (unpaired) electrons. The van der Waals surface area contributed by atoms with Crippen LogP contribution in [0.1, 0.15) is 6.42 Å². The molecule has 1 aromatic rings. The highest BCUT2D eigenvalue weighted by atomic mass is 16.6. The van der Waals surface area contributed by atoms with E-state index in [-0.39, 0.29) is 23.5 Å². The number of hydrogen-bond acceptors (Lipinski definition) is 5. The van der Waals surface area contributed by atoms with E-state index < -0.39 is 4.92 Å². The first-order chi connectivity index (χ1) is 7.56. The molecule has 1 aliphatic rings. The number of rotatable bonds is 3. The van der Waals surface area contributed by atoms with Crippen molar-refractivity contribution < 1.29 is 9.72 Å². The van der Waals surface area contributed by atoms with Crippen LogP contribution in [0, 0.1) is 10.1 Å². The van der Waals surface area contributed by atoms with Gasteiger partial charge in [0, 0.05) is 20.0 Å². The zero-order valence-electron chi connectivity index (χ0n) is 8.64. The Balaban J connectivity index is 2.14. The van der Waals surface area contributed by atoms with Crippen LogP contribution in [0.25, 0.3) is 0 Å². The molecule has 0 bridgehead atoms. The molecule has 8 nitrogen and oxygen atoms in total. The predicted octanol–water partition coefficient (Wildman–Crippen LogP) is -0.371. The Morgan fingerprint density at radius 1 is 1.75 bits per heavy atom. The van der Waals surface area contributed by atoms with E-state index in [0.717, 1.165) is 0 Å². The minimum absolute atomic E-state index is 0.0592. The molecule has 0 aliphatic carbocycles. The molecule has 1 aliphatic heterocycles. The van der Waals surface area contributed by atoms with Crippen molar-refractivity contribution in [1.29, 1.82) is 0 Å². The van der Waals surface area contributed by atoms with Crippen LogP contribution in [0.3, 0.4) is 0 Å². The first-order valence-electron chi connectivity index (χ1n) is 4.77. The lowest BCUT2D eigenvalue weighted by Gasteiger charge is -2.07. The number of aryl methyl sites for hydroxylation is 1. The van der Waals surface area contributed by atoms with Crippen molar-refractivity contribution in [2.75, 3.05) is 11.9 Å². The lowest BCUT2D eigenvalue weighted by Crippen LogP contribution is -2.23. The molecule has 0 saturated carbocycles. The Kier molecular flexibility index (Phi) is 2.47. The Labute approximate surface area is 90.8 Å². The third-order valence-electron chi connectivity index (χ3n) is 2.32. The van der Waals surface area contributed by atoms with E-state index >= 15 is 0 Å². The molecule has 8 heteroatoms. The van der Waals surface area contributed by atoms with Gasteiger partial charge in [0.1, 0.15) is 6.20 Å². The molecule has 2 rings (SSSR count). The van der Waals surface area contributed by atoms with Gasteiger partial charge in [0.15, 0.2) is 0 Å². The summed E-state index contributed by atoms with van der Waals surface area (Å²) in [6.07, 6.45) is 1.64. The van der Waals surface area contributed by atoms with Gasteiger partial charge in [-0.3, -0.25) is 19.6 Å². The average molecular weight is 225 g/mol. The summed E-state index contributed by atoms with van der Waals surface area (Å²) in [5, 5.41) is 20.2. The van der Waals surface area contributed by atoms with Crippen LogP contribution in [0.5, 0.6) is 0 Å². The van der Waals surface area contributed by atoms with Crippen molar-refractivity contribution in [3.63, 3.8) is 0 Å². The van der Waals surface area contributed by atoms with Crippen molar-refractivity contribution >= 4 is 17.4 Å². The van der Waals surface area contributed by atoms with E-state index in [9.17, 15) is 14.9 Å². The highest BCUT2D eigenvalue weighted by Gasteiger charge is 2.26. The third-order valence-corrected chi connectivity index (χ3v) is 2.32. The monoisotopic (exact) mass is 225 g/mol. The van der Waals surface area contributed by atoms with Gasteiger partial charge in [-0.25, -0.2) is 0 Å². The Morgan fingerprint density at radius 3 is 3.06 bits per heavy atom. The molecule has 1 unspecified atom stereocenters. The lowest BCUT2D eigenvalue weighted by molar-refractivity contribution is -0.384. The average Bonchev–Trinajstić information content (AvgIpc) is 2.74. The van der Waals surface area contributed by atoms with Crippen molar-refractivity contribution in [3.8, 4) is 0 Å². The van der Waals surface area contributed by atoms with Gasteiger partial charge in [-0.05, 0) is 0 Å². The predicted molar refractivity (Wildman–Crippen MR) is 54.9 cm³/mol. The SMILES string of the molecule is Cn1cc([N+](=O)[O-])c(NC2CNC(=O)C2)n1. The van der Waals surface area contributed by atoms with Crippen LogP contribution in [-0.2, 0) is 11.8 Å². The number of nitrogens with one attached hydrogen (secondary N) is 2. The summed E-state index contributed by atoms with van der Waals surface area (Å²) >= 11 is 0. The molecular weight excluding hydrogens is 214 g/mol. The Hall–Kier alpha value is -2.12. The van der Waals surface area contributed by atoms with Gasteiger partial charge < -0.3 is 10.6 Å². The number of amides is 1. The fourth-order valence-corrected chi connectivity index (χ4v) is 1.61. The highest BCUT2D eigenvalue weighted by molar-refractivity contribution is 5.79. The number of aromatic nitrogens is 2. The van der Waals surface area contributed by atoms with Gasteiger partial charge in [-0.1, -0.05) is 0 Å². The number of carbonyl (C=O) groups excluding carboxylic acids is 1. The molecule has 2 N–H and O–H groups in total. The second-order valence-electron chi connectivity index (χ2n) is 3.64. The first kappa shape index (κ1) is 10.4. The number of nitro groups is 1. The third kappa shape index (κ3) is 1.95. The van der Waals surface area contributed by atoms with Crippen molar-refractivity contribution in [1.82, 2.24) is 15.1 Å². The molecule has 1 amide bonds. The standard InChI is InChI=1S/C8H11N5O3/c1-12-4-6(13(15)16)8(11-12)10-5-2-7(14)9-3-5/h4-5H,2-3H2,1H3,(H,9,14)(H,10,11). The molecule has 16 heavy (non-hydrogen) atoms. The topological polar surface area (TPSA) is 102 Å². The minimum Gasteiger partial charge on any atom is -0.358 e. The summed E-state index contributed by atoms with van der Waals surface area (Å²) < 4.78 is 1.37. The van der Waals surface area contributed by atoms with Crippen molar-refractivity contribution in [2.24, 2.45) is 7.05 Å². The van der Waals surface area contributed by atoms with Crippen LogP contribution in [-0.4, -0.2) is 33.2 Å². The maximum Gasteiger partial charge on any atom is 0.330 e. The summed E-state index contributed by atoms with van der Waals surface area (Å²) in [5.74, 6) is 0.144. The minimum atomic E-state index is -0.500. The Bertz CT molecular complexity index is 441. The quantitative estimate of drug-likeness (QED) is 0.539. The van der Waals surface area contributed by atoms with Crippen LogP contribution in [0.2, 0.25) is 0 Å². The summed E-state index contributed by atoms with van der Waals surface area (Å²) in [6.45, 7) is 0.465. The summed E-state index contributed by atoms with van der Waals surface area (Å²) in [7, 11) is 1.61. The van der Waals surface area contributed by atoms with Gasteiger partial charge in [0.25, 0.3) is 0 Å².